The van der Waals surface area contributed by atoms with Crippen LogP contribution in [0.25, 0.3) is 10.1 Å². The maximum Gasteiger partial charge on any atom is 0.393 e. The first-order chi connectivity index (χ1) is 18.4. The second kappa shape index (κ2) is 11.6. The number of ether oxygens (including phenoxy) is 1. The van der Waals surface area contributed by atoms with Gasteiger partial charge in [0.2, 0.25) is 5.88 Å². The largest absolute Gasteiger partial charge is 0.479 e. The molecule has 0 bridgehead atoms. The molecule has 3 heterocycles. The predicted octanol–water partition coefficient (Wildman–Crippen LogP) is 5.36. The van der Waals surface area contributed by atoms with Gasteiger partial charge in [-0.1, -0.05) is 24.0 Å². The molecular weight excluding hydrogens is 554 g/mol. The summed E-state index contributed by atoms with van der Waals surface area (Å²) in [5, 5.41) is 6.74. The highest BCUT2D eigenvalue weighted by molar-refractivity contribution is 7.91. The average molecular weight is 584 g/mol. The number of aromatic nitrogens is 1. The summed E-state index contributed by atoms with van der Waals surface area (Å²) in [4.78, 5) is 6.30. The van der Waals surface area contributed by atoms with Crippen LogP contribution in [0.4, 0.5) is 28.9 Å². The van der Waals surface area contributed by atoms with E-state index >= 15 is 0 Å². The number of nitrogens with one attached hydrogen (secondary N) is 3. The highest BCUT2D eigenvalue weighted by atomic mass is 32.2. The molecule has 2 aromatic heterocycles. The molecule has 39 heavy (non-hydrogen) atoms. The van der Waals surface area contributed by atoms with Crippen molar-refractivity contribution in [2.24, 2.45) is 0 Å². The molecule has 1 fully saturated rings. The van der Waals surface area contributed by atoms with Crippen LogP contribution in [0.1, 0.15) is 16.9 Å². The van der Waals surface area contributed by atoms with Crippen molar-refractivity contribution in [2.45, 2.75) is 36.3 Å². The Balaban J connectivity index is 1.61. The van der Waals surface area contributed by atoms with Gasteiger partial charge in [-0.15, -0.1) is 11.3 Å². The summed E-state index contributed by atoms with van der Waals surface area (Å²) in [6.07, 6.45) is -4.81. The van der Waals surface area contributed by atoms with Crippen LogP contribution in [0.15, 0.2) is 35.4 Å². The molecule has 210 valence electrons. The Morgan fingerprint density at radius 2 is 2.05 bits per heavy atom. The molecule has 4 rings (SSSR count). The first-order valence-corrected chi connectivity index (χ1v) is 14.9. The zero-order chi connectivity index (χ0) is 28.4. The number of hydrogen-bond acceptors (Lipinski definition) is 8. The van der Waals surface area contributed by atoms with E-state index in [0.717, 1.165) is 17.9 Å². The first-order valence-electron chi connectivity index (χ1n) is 12.1. The van der Waals surface area contributed by atoms with Crippen LogP contribution in [0.3, 0.4) is 0 Å². The number of halogens is 4. The minimum atomic E-state index is -4.43. The molecule has 0 saturated carbocycles. The van der Waals surface area contributed by atoms with Gasteiger partial charge in [0, 0.05) is 19.3 Å². The molecule has 3 N–H and O–H groups in total. The fourth-order valence-corrected chi connectivity index (χ4v) is 6.13. The summed E-state index contributed by atoms with van der Waals surface area (Å²) >= 11 is 1.15. The molecule has 1 aliphatic heterocycles. The number of likely N-dealkylation sites (tertiary alicyclic amines) is 1. The van der Waals surface area contributed by atoms with Gasteiger partial charge in [-0.2, -0.15) is 13.2 Å². The van der Waals surface area contributed by atoms with Crippen molar-refractivity contribution < 1.29 is 26.5 Å². The van der Waals surface area contributed by atoms with Crippen molar-refractivity contribution in [3.8, 4) is 17.7 Å². The Morgan fingerprint density at radius 1 is 1.28 bits per heavy atom. The van der Waals surface area contributed by atoms with Crippen molar-refractivity contribution in [3.63, 3.8) is 0 Å². The average Bonchev–Trinajstić information content (AvgIpc) is 3.19. The van der Waals surface area contributed by atoms with Crippen molar-refractivity contribution in [2.75, 3.05) is 50.7 Å². The topological polar surface area (TPSA) is 90.3 Å². The predicted molar refractivity (Wildman–Crippen MR) is 147 cm³/mol. The van der Waals surface area contributed by atoms with Crippen LogP contribution < -0.4 is 15.4 Å². The lowest BCUT2D eigenvalue weighted by Gasteiger charge is -2.33. The molecule has 0 amide bonds. The van der Waals surface area contributed by atoms with Gasteiger partial charge >= 0.3 is 6.18 Å². The van der Waals surface area contributed by atoms with E-state index in [1.807, 2.05) is 11.9 Å². The number of anilines is 2. The number of piperidine rings is 1. The van der Waals surface area contributed by atoms with Gasteiger partial charge in [0.25, 0.3) is 0 Å². The molecule has 3 aromatic rings. The van der Waals surface area contributed by atoms with E-state index in [0.29, 0.717) is 39.3 Å². The SMILES string of the molecule is COc1nc(S(C)(=N)=O)ccc1NCC#Cc1sc2c(NC3CCN(C)C[C@H]3F)cccc2c1CC(F)(F)F. The van der Waals surface area contributed by atoms with Crippen molar-refractivity contribution in [3.05, 3.63) is 40.8 Å². The molecule has 0 spiro atoms. The molecule has 3 atom stereocenters. The number of methoxy groups -OCH3 is 1. The number of thiophene rings is 1. The molecule has 13 heteroatoms. The third kappa shape index (κ3) is 7.12. The minimum absolute atomic E-state index is 0.0711. The molecular formula is C26H29F4N5O2S2. The Kier molecular flexibility index (Phi) is 8.58. The van der Waals surface area contributed by atoms with Crippen molar-refractivity contribution in [1.29, 1.82) is 4.78 Å². The highest BCUT2D eigenvalue weighted by Gasteiger charge is 2.32. The van der Waals surface area contributed by atoms with E-state index < -0.39 is 34.5 Å². The molecule has 1 saturated heterocycles. The van der Waals surface area contributed by atoms with Gasteiger partial charge in [-0.3, -0.25) is 0 Å². The fraction of sp³-hybridized carbons (Fsp3) is 0.423. The van der Waals surface area contributed by atoms with E-state index in [-0.39, 0.29) is 23.0 Å². The number of fused-ring (bicyclic) bond motifs is 1. The van der Waals surface area contributed by atoms with E-state index in [1.54, 1.807) is 24.3 Å². The molecule has 1 aliphatic rings. The molecule has 0 radical (unpaired) electrons. The summed E-state index contributed by atoms with van der Waals surface area (Å²) in [6.45, 7) is 1.10. The van der Waals surface area contributed by atoms with Crippen LogP contribution in [0.5, 0.6) is 5.88 Å². The van der Waals surface area contributed by atoms with Gasteiger partial charge in [0.15, 0.2) is 0 Å². The quantitative estimate of drug-likeness (QED) is 0.256. The third-order valence-corrected chi connectivity index (χ3v) is 8.50. The molecule has 0 aliphatic carbocycles. The van der Waals surface area contributed by atoms with E-state index in [4.69, 9.17) is 9.52 Å². The van der Waals surface area contributed by atoms with Crippen LogP contribution in [0.2, 0.25) is 0 Å². The maximum atomic E-state index is 14.7. The number of benzene rings is 1. The summed E-state index contributed by atoms with van der Waals surface area (Å²) in [7, 11) is 0.208. The Bertz CT molecular complexity index is 1510. The van der Waals surface area contributed by atoms with Gasteiger partial charge in [-0.05, 0) is 42.6 Å². The van der Waals surface area contributed by atoms with Crippen LogP contribution in [-0.2, 0) is 16.1 Å². The Morgan fingerprint density at radius 3 is 2.72 bits per heavy atom. The number of rotatable bonds is 7. The molecule has 1 aromatic carbocycles. The van der Waals surface area contributed by atoms with Crippen LogP contribution in [0, 0.1) is 16.6 Å². The Hall–Kier alpha value is -3.08. The lowest BCUT2D eigenvalue weighted by Crippen LogP contribution is -2.46. The lowest BCUT2D eigenvalue weighted by atomic mass is 10.0. The van der Waals surface area contributed by atoms with Gasteiger partial charge in [0.05, 0.1) is 56.8 Å². The normalized spacial score (nSPS) is 19.7. The fourth-order valence-electron chi connectivity index (χ4n) is 4.37. The second-order valence-corrected chi connectivity index (χ2v) is 12.5. The van der Waals surface area contributed by atoms with Crippen LogP contribution >= 0.6 is 11.3 Å². The number of alkyl halides is 4. The van der Waals surface area contributed by atoms with E-state index in [1.165, 1.54) is 19.4 Å². The second-order valence-electron chi connectivity index (χ2n) is 9.41. The standard InChI is InChI=1S/C26H29F4N5O2S2/c1-35-13-11-19(18(27)15-35)33-20-7-4-6-16-17(14-26(28,29)30)22(38-24(16)20)8-5-12-32-21-9-10-23(39(3,31)36)34-25(21)37-2/h4,6-7,9-10,18-19,31-33H,11-15H2,1-3H3/t18-,19?,39?/m1/s1. The summed E-state index contributed by atoms with van der Waals surface area (Å²) in [6, 6.07) is 7.65. The van der Waals surface area contributed by atoms with Gasteiger partial charge in [0.1, 0.15) is 11.2 Å². The molecule has 7 nitrogen and oxygen atoms in total. The number of nitrogens with zero attached hydrogens (tertiary/aromatic N) is 2. The van der Waals surface area contributed by atoms with Gasteiger partial charge in [-0.25, -0.2) is 18.4 Å². The third-order valence-electron chi connectivity index (χ3n) is 6.28. The van der Waals surface area contributed by atoms with Crippen LogP contribution in [-0.4, -0.2) is 72.5 Å². The Labute approximate surface area is 228 Å². The lowest BCUT2D eigenvalue weighted by molar-refractivity contribution is -0.126. The summed E-state index contributed by atoms with van der Waals surface area (Å²) < 4.78 is 80.7. The number of pyridine rings is 1. The monoisotopic (exact) mass is 583 g/mol. The summed E-state index contributed by atoms with van der Waals surface area (Å²) in [5.74, 6) is 5.87. The van der Waals surface area contributed by atoms with Crippen molar-refractivity contribution in [1.82, 2.24) is 9.88 Å². The summed E-state index contributed by atoms with van der Waals surface area (Å²) in [5.41, 5.74) is 1.13. The van der Waals surface area contributed by atoms with E-state index in [9.17, 15) is 21.8 Å². The maximum absolute atomic E-state index is 14.7. The minimum Gasteiger partial charge on any atom is -0.479 e. The highest BCUT2D eigenvalue weighted by Crippen LogP contribution is 2.39. The zero-order valence-corrected chi connectivity index (χ0v) is 23.2. The zero-order valence-electron chi connectivity index (χ0n) is 21.6. The number of hydrogen-bond donors (Lipinski definition) is 3. The van der Waals surface area contributed by atoms with Gasteiger partial charge < -0.3 is 20.3 Å². The van der Waals surface area contributed by atoms with Crippen molar-refractivity contribution >= 4 is 42.5 Å². The molecule has 2 unspecified atom stereocenters. The smallest absolute Gasteiger partial charge is 0.393 e. The first kappa shape index (κ1) is 28.9. The van der Waals surface area contributed by atoms with E-state index in [2.05, 4.69) is 27.5 Å².